The van der Waals surface area contributed by atoms with Crippen LogP contribution < -0.4 is 5.73 Å². The Balaban J connectivity index is 2.06. The average Bonchev–Trinajstić information content (AvgIpc) is 2.25. The van der Waals surface area contributed by atoms with Crippen molar-refractivity contribution in [3.63, 3.8) is 0 Å². The van der Waals surface area contributed by atoms with Crippen LogP contribution in [0.2, 0.25) is 0 Å². The van der Waals surface area contributed by atoms with E-state index in [1.165, 1.54) is 22.0 Å². The Morgan fingerprint density at radius 1 is 1.13 bits per heavy atom. The van der Waals surface area contributed by atoms with E-state index in [1.54, 1.807) is 5.57 Å². The number of hydrogen-bond acceptors (Lipinski definition) is 1. The molecule has 2 rings (SSSR count). The van der Waals surface area contributed by atoms with E-state index in [0.29, 0.717) is 6.04 Å². The first-order valence-electron chi connectivity index (χ1n) is 5.44. The fraction of sp³-hybridized carbons (Fsp3) is 0.385. The molecule has 0 bridgehead atoms. The molecule has 1 fully saturated rings. The second kappa shape index (κ2) is 5.12. The molecular formula is C13H16IN. The van der Waals surface area contributed by atoms with Crippen molar-refractivity contribution < 1.29 is 0 Å². The molecule has 15 heavy (non-hydrogen) atoms. The van der Waals surface area contributed by atoms with E-state index >= 15 is 0 Å². The zero-order valence-corrected chi connectivity index (χ0v) is 10.9. The maximum atomic E-state index is 5.88. The summed E-state index contributed by atoms with van der Waals surface area (Å²) >= 11 is 2.33. The molecule has 0 unspecified atom stereocenters. The smallest absolute Gasteiger partial charge is 0.0130 e. The van der Waals surface area contributed by atoms with Crippen LogP contribution in [0.25, 0.3) is 6.08 Å². The highest BCUT2D eigenvalue weighted by atomic mass is 127. The lowest BCUT2D eigenvalue weighted by molar-refractivity contribution is 0.514. The summed E-state index contributed by atoms with van der Waals surface area (Å²) in [6.45, 7) is 0. The van der Waals surface area contributed by atoms with Gasteiger partial charge in [-0.25, -0.2) is 0 Å². The van der Waals surface area contributed by atoms with Crippen molar-refractivity contribution in [2.45, 2.75) is 31.7 Å². The first kappa shape index (κ1) is 11.1. The van der Waals surface area contributed by atoms with E-state index in [1.807, 2.05) is 0 Å². The molecular weight excluding hydrogens is 297 g/mol. The van der Waals surface area contributed by atoms with Gasteiger partial charge in [-0.1, -0.05) is 23.8 Å². The predicted molar refractivity (Wildman–Crippen MR) is 73.6 cm³/mol. The van der Waals surface area contributed by atoms with E-state index in [4.69, 9.17) is 5.73 Å². The minimum Gasteiger partial charge on any atom is -0.328 e. The minimum absolute atomic E-state index is 0.430. The van der Waals surface area contributed by atoms with E-state index in [2.05, 4.69) is 52.9 Å². The molecule has 0 spiro atoms. The van der Waals surface area contributed by atoms with E-state index < -0.39 is 0 Å². The number of hydrogen-bond donors (Lipinski definition) is 1. The van der Waals surface area contributed by atoms with Crippen LogP contribution in [0.15, 0.2) is 29.8 Å². The summed E-state index contributed by atoms with van der Waals surface area (Å²) in [7, 11) is 0. The van der Waals surface area contributed by atoms with Crippen LogP contribution in [-0.4, -0.2) is 6.04 Å². The van der Waals surface area contributed by atoms with Gasteiger partial charge in [-0.15, -0.1) is 0 Å². The van der Waals surface area contributed by atoms with Gasteiger partial charge in [-0.2, -0.15) is 0 Å². The Kier molecular flexibility index (Phi) is 3.81. The van der Waals surface area contributed by atoms with E-state index in [9.17, 15) is 0 Å². The monoisotopic (exact) mass is 313 g/mol. The molecule has 2 heteroatoms. The molecule has 1 aliphatic carbocycles. The molecule has 1 aromatic rings. The zero-order chi connectivity index (χ0) is 10.7. The van der Waals surface area contributed by atoms with Crippen molar-refractivity contribution >= 4 is 28.7 Å². The highest BCUT2D eigenvalue weighted by Gasteiger charge is 2.11. The van der Waals surface area contributed by atoms with Gasteiger partial charge < -0.3 is 5.73 Å². The maximum Gasteiger partial charge on any atom is 0.0130 e. The highest BCUT2D eigenvalue weighted by Crippen LogP contribution is 2.24. The van der Waals surface area contributed by atoms with Gasteiger partial charge in [0, 0.05) is 9.61 Å². The molecule has 80 valence electrons. The normalized spacial score (nSPS) is 21.5. The van der Waals surface area contributed by atoms with Gasteiger partial charge in [0.2, 0.25) is 0 Å². The van der Waals surface area contributed by atoms with Crippen LogP contribution in [0.3, 0.4) is 0 Å². The third kappa shape index (κ3) is 3.31. The van der Waals surface area contributed by atoms with Crippen LogP contribution in [0.1, 0.15) is 31.2 Å². The Hall–Kier alpha value is -0.350. The number of nitrogens with two attached hydrogens (primary N) is 1. The number of rotatable bonds is 1. The van der Waals surface area contributed by atoms with Crippen LogP contribution >= 0.6 is 22.6 Å². The van der Waals surface area contributed by atoms with Gasteiger partial charge in [0.25, 0.3) is 0 Å². The topological polar surface area (TPSA) is 26.0 Å². The van der Waals surface area contributed by atoms with E-state index in [0.717, 1.165) is 12.8 Å². The molecule has 0 saturated heterocycles. The summed E-state index contributed by atoms with van der Waals surface area (Å²) in [5, 5.41) is 0. The number of benzene rings is 1. The van der Waals surface area contributed by atoms with Gasteiger partial charge in [0.05, 0.1) is 0 Å². The highest BCUT2D eigenvalue weighted by molar-refractivity contribution is 14.1. The van der Waals surface area contributed by atoms with Gasteiger partial charge in [0.15, 0.2) is 0 Å². The molecule has 1 saturated carbocycles. The van der Waals surface area contributed by atoms with E-state index in [-0.39, 0.29) is 0 Å². The summed E-state index contributed by atoms with van der Waals surface area (Å²) in [5.41, 5.74) is 8.76. The lowest BCUT2D eigenvalue weighted by Crippen LogP contribution is -2.23. The van der Waals surface area contributed by atoms with Gasteiger partial charge in [-0.3, -0.25) is 0 Å². The largest absolute Gasteiger partial charge is 0.328 e. The summed E-state index contributed by atoms with van der Waals surface area (Å²) in [6.07, 6.45) is 6.97. The molecule has 1 aromatic carbocycles. The number of allylic oxidation sites excluding steroid dienone is 1. The van der Waals surface area contributed by atoms with Crippen molar-refractivity contribution in [3.8, 4) is 0 Å². The molecule has 0 amide bonds. The van der Waals surface area contributed by atoms with Crippen LogP contribution in [0, 0.1) is 3.57 Å². The lowest BCUT2D eigenvalue weighted by atomic mass is 9.90. The molecule has 1 aliphatic rings. The molecule has 0 aliphatic heterocycles. The number of halogens is 1. The van der Waals surface area contributed by atoms with Crippen molar-refractivity contribution in [1.82, 2.24) is 0 Å². The van der Waals surface area contributed by atoms with Crippen molar-refractivity contribution in [1.29, 1.82) is 0 Å². The molecule has 0 atom stereocenters. The summed E-state index contributed by atoms with van der Waals surface area (Å²) in [4.78, 5) is 0. The molecule has 0 heterocycles. The summed E-state index contributed by atoms with van der Waals surface area (Å²) < 4.78 is 1.29. The Morgan fingerprint density at radius 3 is 2.33 bits per heavy atom. The zero-order valence-electron chi connectivity index (χ0n) is 8.75. The first-order chi connectivity index (χ1) is 7.24. The fourth-order valence-electron chi connectivity index (χ4n) is 1.95. The second-order valence-corrected chi connectivity index (χ2v) is 5.44. The Morgan fingerprint density at radius 2 is 1.73 bits per heavy atom. The SMILES string of the molecule is NC1CCC(=Cc2ccc(I)cc2)CC1. The Labute approximate surface area is 105 Å². The van der Waals surface area contributed by atoms with Crippen LogP contribution in [0.4, 0.5) is 0 Å². The molecule has 1 nitrogen and oxygen atoms in total. The fourth-order valence-corrected chi connectivity index (χ4v) is 2.31. The van der Waals surface area contributed by atoms with Gasteiger partial charge in [-0.05, 0) is 66.0 Å². The minimum atomic E-state index is 0.430. The van der Waals surface area contributed by atoms with Crippen molar-refractivity contribution in [2.75, 3.05) is 0 Å². The summed E-state index contributed by atoms with van der Waals surface area (Å²) in [6, 6.07) is 9.11. The first-order valence-corrected chi connectivity index (χ1v) is 6.52. The van der Waals surface area contributed by atoms with Gasteiger partial charge in [0.1, 0.15) is 0 Å². The predicted octanol–water partition coefficient (Wildman–Crippen LogP) is 3.58. The quantitative estimate of drug-likeness (QED) is 0.788. The molecule has 2 N–H and O–H groups in total. The van der Waals surface area contributed by atoms with Crippen molar-refractivity contribution in [2.24, 2.45) is 5.73 Å². The summed E-state index contributed by atoms with van der Waals surface area (Å²) in [5.74, 6) is 0. The third-order valence-corrected chi connectivity index (χ3v) is 3.63. The Bertz CT molecular complexity index is 343. The lowest BCUT2D eigenvalue weighted by Gasteiger charge is -2.20. The average molecular weight is 313 g/mol. The molecule has 0 radical (unpaired) electrons. The second-order valence-electron chi connectivity index (χ2n) is 4.19. The molecule has 0 aromatic heterocycles. The third-order valence-electron chi connectivity index (χ3n) is 2.91. The standard InChI is InChI=1S/C13H16IN/c14-12-5-1-10(2-6-12)9-11-3-7-13(15)8-4-11/h1-2,5-6,9,13H,3-4,7-8,15H2. The van der Waals surface area contributed by atoms with Gasteiger partial charge >= 0.3 is 0 Å². The van der Waals surface area contributed by atoms with Crippen LogP contribution in [-0.2, 0) is 0 Å². The van der Waals surface area contributed by atoms with Crippen LogP contribution in [0.5, 0.6) is 0 Å². The van der Waals surface area contributed by atoms with Crippen molar-refractivity contribution in [3.05, 3.63) is 39.0 Å². The maximum absolute atomic E-state index is 5.88.